The molecule has 1 aliphatic rings. The van der Waals surface area contributed by atoms with Crippen LogP contribution in [0.2, 0.25) is 0 Å². The van der Waals surface area contributed by atoms with Gasteiger partial charge in [0.1, 0.15) is 0 Å². The predicted octanol–water partition coefficient (Wildman–Crippen LogP) is 3.72. The first-order chi connectivity index (χ1) is 12.9. The van der Waals surface area contributed by atoms with Gasteiger partial charge in [-0.25, -0.2) is 5.43 Å². The van der Waals surface area contributed by atoms with E-state index in [0.29, 0.717) is 17.8 Å². The van der Waals surface area contributed by atoms with Crippen molar-refractivity contribution in [3.8, 4) is 0 Å². The monoisotopic (exact) mass is 365 g/mol. The van der Waals surface area contributed by atoms with E-state index in [-0.39, 0.29) is 0 Å². The van der Waals surface area contributed by atoms with E-state index < -0.39 is 0 Å². The number of rotatable bonds is 6. The summed E-state index contributed by atoms with van der Waals surface area (Å²) in [6.07, 6.45) is 4.08. The van der Waals surface area contributed by atoms with Crippen LogP contribution in [0.1, 0.15) is 17.7 Å². The van der Waals surface area contributed by atoms with E-state index in [0.717, 1.165) is 36.5 Å². The van der Waals surface area contributed by atoms with Crippen LogP contribution >= 0.6 is 11.3 Å². The minimum absolute atomic E-state index is 0.424. The number of aromatic nitrogens is 3. The number of hydrazone groups is 1. The molecule has 0 radical (unpaired) electrons. The minimum atomic E-state index is 0.424. The Morgan fingerprint density at radius 3 is 2.54 bits per heavy atom. The maximum absolute atomic E-state index is 4.57. The number of nitrogens with one attached hydrogen (secondary N) is 2. The third-order valence-electron chi connectivity index (χ3n) is 3.94. The summed E-state index contributed by atoms with van der Waals surface area (Å²) in [4.78, 5) is 16.8. The molecule has 1 aliphatic heterocycles. The number of nitrogens with zero attached hydrogens (tertiary/aromatic N) is 5. The lowest BCUT2D eigenvalue weighted by Crippen LogP contribution is -2.21. The van der Waals surface area contributed by atoms with Gasteiger partial charge < -0.3 is 10.2 Å². The van der Waals surface area contributed by atoms with Crippen molar-refractivity contribution in [3.05, 3.63) is 52.7 Å². The van der Waals surface area contributed by atoms with Gasteiger partial charge in [-0.15, -0.1) is 11.3 Å². The van der Waals surface area contributed by atoms with E-state index >= 15 is 0 Å². The van der Waals surface area contributed by atoms with Gasteiger partial charge in [0.15, 0.2) is 0 Å². The van der Waals surface area contributed by atoms with Crippen molar-refractivity contribution in [3.63, 3.8) is 0 Å². The van der Waals surface area contributed by atoms with Gasteiger partial charge in [-0.3, -0.25) is 0 Å². The minimum Gasteiger partial charge on any atom is -0.341 e. The molecule has 3 aromatic rings. The van der Waals surface area contributed by atoms with E-state index in [4.69, 9.17) is 0 Å². The van der Waals surface area contributed by atoms with Crippen molar-refractivity contribution < 1.29 is 0 Å². The lowest BCUT2D eigenvalue weighted by molar-refractivity contribution is 0.883. The Morgan fingerprint density at radius 1 is 0.962 bits per heavy atom. The van der Waals surface area contributed by atoms with Gasteiger partial charge in [0, 0.05) is 23.7 Å². The lowest BCUT2D eigenvalue weighted by atomic mass is 10.3. The van der Waals surface area contributed by atoms with Crippen LogP contribution in [-0.4, -0.2) is 34.3 Å². The Kier molecular flexibility index (Phi) is 5.02. The molecule has 0 spiro atoms. The normalized spacial score (nSPS) is 14.1. The van der Waals surface area contributed by atoms with Gasteiger partial charge in [0.2, 0.25) is 17.8 Å². The summed E-state index contributed by atoms with van der Waals surface area (Å²) in [6, 6.07) is 13.8. The number of hydrogen-bond acceptors (Lipinski definition) is 8. The zero-order valence-electron chi connectivity index (χ0n) is 14.2. The molecule has 1 aromatic carbocycles. The van der Waals surface area contributed by atoms with E-state index in [2.05, 4.69) is 35.7 Å². The second-order valence-electron chi connectivity index (χ2n) is 5.85. The highest BCUT2D eigenvalue weighted by molar-refractivity contribution is 7.11. The Hall–Kier alpha value is -3.00. The number of anilines is 4. The topological polar surface area (TPSA) is 78.3 Å². The molecular formula is C18H19N7S. The fraction of sp³-hybridized carbons (Fsp3) is 0.222. The first-order valence-electron chi connectivity index (χ1n) is 8.52. The molecule has 4 rings (SSSR count). The smallest absolute Gasteiger partial charge is 0.250 e. The highest BCUT2D eigenvalue weighted by Crippen LogP contribution is 2.20. The molecule has 3 heterocycles. The maximum atomic E-state index is 4.57. The summed E-state index contributed by atoms with van der Waals surface area (Å²) in [7, 11) is 0. The van der Waals surface area contributed by atoms with Crippen molar-refractivity contribution in [2.45, 2.75) is 12.8 Å². The van der Waals surface area contributed by atoms with Crippen LogP contribution in [0, 0.1) is 0 Å². The molecule has 132 valence electrons. The first-order valence-corrected chi connectivity index (χ1v) is 9.40. The largest absolute Gasteiger partial charge is 0.341 e. The molecular weight excluding hydrogens is 346 g/mol. The molecule has 0 amide bonds. The molecule has 7 nitrogen and oxygen atoms in total. The molecule has 0 unspecified atom stereocenters. The summed E-state index contributed by atoms with van der Waals surface area (Å²) < 4.78 is 0. The Morgan fingerprint density at radius 2 is 1.77 bits per heavy atom. The molecule has 0 saturated carbocycles. The SMILES string of the molecule is C(=N\Nc1nc(Nc2ccccc2)nc(N2CCCC2)n1)/c1cccs1. The van der Waals surface area contributed by atoms with E-state index in [9.17, 15) is 0 Å². The third-order valence-corrected chi connectivity index (χ3v) is 4.75. The van der Waals surface area contributed by atoms with Crippen molar-refractivity contribution in [2.75, 3.05) is 28.7 Å². The molecule has 0 atom stereocenters. The Bertz CT molecular complexity index is 859. The predicted molar refractivity (Wildman–Crippen MR) is 107 cm³/mol. The molecule has 26 heavy (non-hydrogen) atoms. The third kappa shape index (κ3) is 4.15. The van der Waals surface area contributed by atoms with Crippen LogP contribution in [0.4, 0.5) is 23.5 Å². The second-order valence-corrected chi connectivity index (χ2v) is 6.83. The summed E-state index contributed by atoms with van der Waals surface area (Å²) in [5.41, 5.74) is 3.85. The zero-order chi connectivity index (χ0) is 17.6. The number of benzene rings is 1. The summed E-state index contributed by atoms with van der Waals surface area (Å²) >= 11 is 1.62. The average Bonchev–Trinajstić information content (AvgIpc) is 3.37. The molecule has 0 aliphatic carbocycles. The zero-order valence-corrected chi connectivity index (χ0v) is 15.0. The fourth-order valence-electron chi connectivity index (χ4n) is 2.70. The quantitative estimate of drug-likeness (QED) is 0.512. The van der Waals surface area contributed by atoms with Gasteiger partial charge in [0.25, 0.3) is 0 Å². The number of thiophene rings is 1. The summed E-state index contributed by atoms with van der Waals surface area (Å²) in [5, 5.41) is 9.48. The average molecular weight is 365 g/mol. The van der Waals surface area contributed by atoms with E-state index in [1.807, 2.05) is 47.8 Å². The number of para-hydroxylation sites is 1. The molecule has 1 saturated heterocycles. The molecule has 8 heteroatoms. The van der Waals surface area contributed by atoms with Gasteiger partial charge >= 0.3 is 0 Å². The van der Waals surface area contributed by atoms with Gasteiger partial charge in [-0.1, -0.05) is 24.3 Å². The van der Waals surface area contributed by atoms with Crippen molar-refractivity contribution in [2.24, 2.45) is 5.10 Å². The van der Waals surface area contributed by atoms with Crippen molar-refractivity contribution in [1.29, 1.82) is 0 Å². The molecule has 0 bridgehead atoms. The Labute approximate surface area is 155 Å². The second kappa shape index (κ2) is 7.92. The maximum Gasteiger partial charge on any atom is 0.250 e. The molecule has 1 fully saturated rings. The standard InChI is InChI=1S/C18H19N7S/c1-2-7-14(8-3-1)20-16-21-17(24-19-13-15-9-6-12-26-15)23-18(22-16)25-10-4-5-11-25/h1-3,6-9,12-13H,4-5,10-11H2,(H2,20,21,22,23,24)/b19-13+. The highest BCUT2D eigenvalue weighted by atomic mass is 32.1. The van der Waals surface area contributed by atoms with Gasteiger partial charge in [0.05, 0.1) is 6.21 Å². The van der Waals surface area contributed by atoms with E-state index in [1.54, 1.807) is 17.6 Å². The van der Waals surface area contributed by atoms with Gasteiger partial charge in [-0.05, 0) is 36.4 Å². The molecule has 2 N–H and O–H groups in total. The first kappa shape index (κ1) is 16.5. The van der Waals surface area contributed by atoms with Crippen LogP contribution in [0.5, 0.6) is 0 Å². The van der Waals surface area contributed by atoms with E-state index in [1.165, 1.54) is 0 Å². The summed E-state index contributed by atoms with van der Waals surface area (Å²) in [6.45, 7) is 1.93. The van der Waals surface area contributed by atoms with Crippen LogP contribution in [0.15, 0.2) is 52.9 Å². The van der Waals surface area contributed by atoms with Crippen LogP contribution < -0.4 is 15.6 Å². The van der Waals surface area contributed by atoms with Crippen molar-refractivity contribution >= 4 is 41.1 Å². The molecule has 2 aromatic heterocycles. The number of hydrogen-bond donors (Lipinski definition) is 2. The Balaban J connectivity index is 1.57. The highest BCUT2D eigenvalue weighted by Gasteiger charge is 2.17. The van der Waals surface area contributed by atoms with Crippen molar-refractivity contribution in [1.82, 2.24) is 15.0 Å². The van der Waals surface area contributed by atoms with Crippen LogP contribution in [-0.2, 0) is 0 Å². The lowest BCUT2D eigenvalue weighted by Gasteiger charge is -2.16. The van der Waals surface area contributed by atoms with Crippen LogP contribution in [0.25, 0.3) is 0 Å². The summed E-state index contributed by atoms with van der Waals surface area (Å²) in [5.74, 6) is 1.60. The van der Waals surface area contributed by atoms with Gasteiger partial charge in [-0.2, -0.15) is 20.1 Å². The van der Waals surface area contributed by atoms with Crippen LogP contribution in [0.3, 0.4) is 0 Å². The fourth-order valence-corrected chi connectivity index (χ4v) is 3.28.